The minimum Gasteiger partial charge on any atom is -0.411 e. The van der Waals surface area contributed by atoms with Gasteiger partial charge in [-0.05, 0) is 58.7 Å². The number of halogens is 2. The molecule has 0 saturated carbocycles. The van der Waals surface area contributed by atoms with Crippen LogP contribution in [0.4, 0.5) is 0 Å². The van der Waals surface area contributed by atoms with E-state index in [1.807, 2.05) is 48.5 Å². The fraction of sp³-hybridized carbons (Fsp3) is 0. The minimum absolute atomic E-state index is 0.472. The van der Waals surface area contributed by atoms with E-state index in [-0.39, 0.29) is 0 Å². The molecule has 2 heterocycles. The monoisotopic (exact) mass is 449 g/mol. The Balaban J connectivity index is 0.000000176. The molecule has 0 aliphatic heterocycles. The van der Waals surface area contributed by atoms with Crippen molar-refractivity contribution in [2.24, 2.45) is 5.16 Å². The fourth-order valence-electron chi connectivity index (χ4n) is 2.95. The third kappa shape index (κ3) is 5.54. The number of pyridine rings is 2. The molecule has 0 aliphatic rings. The topological polar surface area (TPSA) is 75.4 Å². The second-order valence-electron chi connectivity index (χ2n) is 6.24. The molecule has 5 nitrogen and oxygen atoms in total. The van der Waals surface area contributed by atoms with E-state index in [1.165, 1.54) is 6.21 Å². The van der Waals surface area contributed by atoms with Crippen molar-refractivity contribution >= 4 is 35.7 Å². The summed E-state index contributed by atoms with van der Waals surface area (Å²) in [7, 11) is 0. The van der Waals surface area contributed by atoms with Crippen LogP contribution >= 0.6 is 23.2 Å². The number of carbonyl (C=O) groups is 1. The highest BCUT2D eigenvalue weighted by molar-refractivity contribution is 6.34. The molecule has 0 spiro atoms. The van der Waals surface area contributed by atoms with E-state index in [2.05, 4.69) is 15.1 Å². The predicted molar refractivity (Wildman–Crippen MR) is 124 cm³/mol. The Kier molecular flexibility index (Phi) is 7.87. The van der Waals surface area contributed by atoms with Crippen molar-refractivity contribution in [1.82, 2.24) is 9.97 Å². The lowest BCUT2D eigenvalue weighted by Gasteiger charge is -2.06. The zero-order valence-corrected chi connectivity index (χ0v) is 17.7. The summed E-state index contributed by atoms with van der Waals surface area (Å²) in [5, 5.41) is 12.7. The van der Waals surface area contributed by atoms with Crippen LogP contribution in [-0.4, -0.2) is 27.7 Å². The molecule has 4 aromatic rings. The van der Waals surface area contributed by atoms with Crippen molar-refractivity contribution in [3.8, 4) is 22.3 Å². The van der Waals surface area contributed by atoms with Crippen LogP contribution in [-0.2, 0) is 0 Å². The minimum atomic E-state index is 0.472. The standard InChI is InChI=1S/C12H9ClN2O.C12H8ClNO/c13-12-3-1-2-10(11(12)8-15-16)9-4-6-14-7-5-9;13-12-3-1-2-10(11(12)8-15)9-4-6-14-7-5-9/h1-8,16H;1-8H/b15-8-;. The Morgan fingerprint density at radius 1 is 0.710 bits per heavy atom. The van der Waals surface area contributed by atoms with Crippen molar-refractivity contribution in [2.45, 2.75) is 0 Å². The van der Waals surface area contributed by atoms with E-state index in [1.54, 1.807) is 36.9 Å². The molecule has 0 saturated heterocycles. The molecule has 31 heavy (non-hydrogen) atoms. The van der Waals surface area contributed by atoms with E-state index in [0.717, 1.165) is 28.5 Å². The number of hydrogen-bond donors (Lipinski definition) is 1. The van der Waals surface area contributed by atoms with Gasteiger partial charge in [0.1, 0.15) is 0 Å². The summed E-state index contributed by atoms with van der Waals surface area (Å²) in [5.41, 5.74) is 4.87. The van der Waals surface area contributed by atoms with E-state index in [0.29, 0.717) is 21.2 Å². The third-order valence-corrected chi connectivity index (χ3v) is 5.05. The lowest BCUT2D eigenvalue weighted by Crippen LogP contribution is -1.89. The third-order valence-electron chi connectivity index (χ3n) is 4.39. The maximum Gasteiger partial charge on any atom is 0.152 e. The van der Waals surface area contributed by atoms with Gasteiger partial charge in [0.05, 0.1) is 16.3 Å². The van der Waals surface area contributed by atoms with Gasteiger partial charge in [0.25, 0.3) is 0 Å². The summed E-state index contributed by atoms with van der Waals surface area (Å²) < 4.78 is 0. The van der Waals surface area contributed by atoms with Crippen molar-refractivity contribution in [1.29, 1.82) is 0 Å². The molecule has 0 bridgehead atoms. The summed E-state index contributed by atoms with van der Waals surface area (Å²) in [6, 6.07) is 18.4. The largest absolute Gasteiger partial charge is 0.411 e. The van der Waals surface area contributed by atoms with E-state index in [4.69, 9.17) is 28.4 Å². The smallest absolute Gasteiger partial charge is 0.152 e. The zero-order chi connectivity index (χ0) is 22.1. The van der Waals surface area contributed by atoms with Crippen LogP contribution in [0.15, 0.2) is 90.6 Å². The second kappa shape index (κ2) is 11.0. The van der Waals surface area contributed by atoms with Crippen LogP contribution in [0, 0.1) is 0 Å². The van der Waals surface area contributed by atoms with Crippen molar-refractivity contribution in [3.63, 3.8) is 0 Å². The normalized spacial score (nSPS) is 10.4. The van der Waals surface area contributed by atoms with Crippen LogP contribution in [0.3, 0.4) is 0 Å². The Labute approximate surface area is 189 Å². The molecule has 2 aromatic carbocycles. The first-order chi connectivity index (χ1) is 15.2. The van der Waals surface area contributed by atoms with Crippen molar-refractivity contribution in [2.75, 3.05) is 0 Å². The Hall–Kier alpha value is -3.54. The molecular formula is C24H17Cl2N3O2. The van der Waals surface area contributed by atoms with Crippen LogP contribution in [0.25, 0.3) is 22.3 Å². The highest BCUT2D eigenvalue weighted by atomic mass is 35.5. The van der Waals surface area contributed by atoms with Gasteiger partial charge in [0.15, 0.2) is 6.29 Å². The lowest BCUT2D eigenvalue weighted by molar-refractivity contribution is 0.112. The van der Waals surface area contributed by atoms with Gasteiger partial charge in [0.2, 0.25) is 0 Å². The molecule has 0 aliphatic carbocycles. The molecule has 7 heteroatoms. The number of aldehydes is 1. The summed E-state index contributed by atoms with van der Waals surface area (Å²) in [6.07, 6.45) is 8.89. The van der Waals surface area contributed by atoms with Crippen LogP contribution in [0.1, 0.15) is 15.9 Å². The second-order valence-corrected chi connectivity index (χ2v) is 7.05. The summed E-state index contributed by atoms with van der Waals surface area (Å²) in [4.78, 5) is 18.8. The molecule has 0 radical (unpaired) electrons. The quantitative estimate of drug-likeness (QED) is 0.168. The number of rotatable bonds is 4. The average Bonchev–Trinajstić information content (AvgIpc) is 2.82. The number of hydrogen-bond acceptors (Lipinski definition) is 5. The number of aromatic nitrogens is 2. The molecule has 0 unspecified atom stereocenters. The number of benzene rings is 2. The van der Waals surface area contributed by atoms with Gasteiger partial charge < -0.3 is 5.21 Å². The van der Waals surface area contributed by atoms with Gasteiger partial charge in [-0.2, -0.15) is 0 Å². The number of carbonyl (C=O) groups excluding carboxylic acids is 1. The van der Waals surface area contributed by atoms with Gasteiger partial charge in [0, 0.05) is 35.9 Å². The Morgan fingerprint density at radius 2 is 1.16 bits per heavy atom. The lowest BCUT2D eigenvalue weighted by atomic mass is 10.0. The van der Waals surface area contributed by atoms with Crippen molar-refractivity contribution < 1.29 is 10.0 Å². The highest BCUT2D eigenvalue weighted by Gasteiger charge is 2.08. The summed E-state index contributed by atoms with van der Waals surface area (Å²) >= 11 is 12.0. The summed E-state index contributed by atoms with van der Waals surface area (Å²) in [6.45, 7) is 0. The van der Waals surface area contributed by atoms with Crippen LogP contribution < -0.4 is 0 Å². The Bertz CT molecular complexity index is 1180. The van der Waals surface area contributed by atoms with Crippen molar-refractivity contribution in [3.05, 3.63) is 107 Å². The van der Waals surface area contributed by atoms with Crippen LogP contribution in [0.5, 0.6) is 0 Å². The Morgan fingerprint density at radius 3 is 1.61 bits per heavy atom. The molecule has 1 N–H and O–H groups in total. The molecule has 4 rings (SSSR count). The van der Waals surface area contributed by atoms with Gasteiger partial charge in [-0.3, -0.25) is 14.8 Å². The molecule has 2 aromatic heterocycles. The zero-order valence-electron chi connectivity index (χ0n) is 16.2. The van der Waals surface area contributed by atoms with Gasteiger partial charge >= 0.3 is 0 Å². The van der Waals surface area contributed by atoms with Crippen LogP contribution in [0.2, 0.25) is 10.0 Å². The number of nitrogens with zero attached hydrogens (tertiary/aromatic N) is 3. The summed E-state index contributed by atoms with van der Waals surface area (Å²) in [5.74, 6) is 0. The van der Waals surface area contributed by atoms with Gasteiger partial charge in [-0.1, -0.05) is 52.6 Å². The highest BCUT2D eigenvalue weighted by Crippen LogP contribution is 2.28. The maximum atomic E-state index is 10.9. The average molecular weight is 450 g/mol. The SMILES string of the molecule is O/N=C\c1c(Cl)cccc1-c1ccncc1.O=Cc1c(Cl)cccc1-c1ccncc1. The molecule has 0 fully saturated rings. The maximum absolute atomic E-state index is 10.9. The van der Waals surface area contributed by atoms with E-state index in [9.17, 15) is 4.79 Å². The molecule has 0 amide bonds. The number of oxime groups is 1. The van der Waals surface area contributed by atoms with Gasteiger partial charge in [-0.15, -0.1) is 0 Å². The molecular weight excluding hydrogens is 433 g/mol. The molecule has 0 atom stereocenters. The first-order valence-corrected chi connectivity index (χ1v) is 9.91. The van der Waals surface area contributed by atoms with E-state index >= 15 is 0 Å². The first kappa shape index (κ1) is 22.2. The first-order valence-electron chi connectivity index (χ1n) is 9.16. The van der Waals surface area contributed by atoms with E-state index < -0.39 is 0 Å². The molecule has 154 valence electrons. The predicted octanol–water partition coefficient (Wildman–Crippen LogP) is 6.42. The van der Waals surface area contributed by atoms with Gasteiger partial charge in [-0.25, -0.2) is 0 Å². The fourth-order valence-corrected chi connectivity index (χ4v) is 3.39.